The van der Waals surface area contributed by atoms with Gasteiger partial charge >= 0.3 is 6.09 Å². The standard InChI is InChI=1S/C14H17N3O4.ClH/c15-7-12-8-17(14(19)21-12)11-3-1-10(2-4-11)16-5-6-20-9-13(16)18;/h1-4,12H,5-9,15H2;1H/t12-;/m0./s1. The van der Waals surface area contributed by atoms with E-state index in [0.29, 0.717) is 26.2 Å². The Morgan fingerprint density at radius 3 is 2.32 bits per heavy atom. The number of morpholine rings is 1. The van der Waals surface area contributed by atoms with Gasteiger partial charge in [0.25, 0.3) is 5.91 Å². The summed E-state index contributed by atoms with van der Waals surface area (Å²) < 4.78 is 10.2. The molecule has 120 valence electrons. The Hall–Kier alpha value is -1.83. The summed E-state index contributed by atoms with van der Waals surface area (Å²) in [5.74, 6) is -0.0576. The van der Waals surface area contributed by atoms with Crippen molar-refractivity contribution in [3.63, 3.8) is 0 Å². The zero-order valence-electron chi connectivity index (χ0n) is 11.9. The molecule has 7 nitrogen and oxygen atoms in total. The fourth-order valence-electron chi connectivity index (χ4n) is 2.46. The molecular weight excluding hydrogens is 310 g/mol. The topological polar surface area (TPSA) is 85.1 Å². The van der Waals surface area contributed by atoms with Crippen molar-refractivity contribution in [1.82, 2.24) is 0 Å². The highest BCUT2D eigenvalue weighted by molar-refractivity contribution is 5.95. The number of hydrogen-bond acceptors (Lipinski definition) is 5. The zero-order valence-corrected chi connectivity index (χ0v) is 12.8. The van der Waals surface area contributed by atoms with Crippen molar-refractivity contribution < 1.29 is 19.1 Å². The highest BCUT2D eigenvalue weighted by Gasteiger charge is 2.31. The van der Waals surface area contributed by atoms with E-state index in [0.717, 1.165) is 11.4 Å². The van der Waals surface area contributed by atoms with Crippen LogP contribution in [0.3, 0.4) is 0 Å². The summed E-state index contributed by atoms with van der Waals surface area (Å²) in [6, 6.07) is 7.25. The lowest BCUT2D eigenvalue weighted by Gasteiger charge is -2.27. The maximum absolute atomic E-state index is 11.8. The van der Waals surface area contributed by atoms with Gasteiger partial charge in [0.1, 0.15) is 12.7 Å². The van der Waals surface area contributed by atoms with Crippen molar-refractivity contribution in [3.05, 3.63) is 24.3 Å². The third kappa shape index (κ3) is 3.16. The van der Waals surface area contributed by atoms with E-state index in [9.17, 15) is 9.59 Å². The van der Waals surface area contributed by atoms with Crippen LogP contribution in [0.15, 0.2) is 24.3 Å². The van der Waals surface area contributed by atoms with Crippen LogP contribution in [0.1, 0.15) is 0 Å². The van der Waals surface area contributed by atoms with E-state index < -0.39 is 0 Å². The normalized spacial score (nSPS) is 21.6. The molecule has 0 aromatic heterocycles. The second-order valence-corrected chi connectivity index (χ2v) is 4.97. The Balaban J connectivity index is 0.00000176. The Bertz CT molecular complexity index is 552. The third-order valence-corrected chi connectivity index (χ3v) is 3.60. The maximum atomic E-state index is 11.8. The fraction of sp³-hybridized carbons (Fsp3) is 0.429. The van der Waals surface area contributed by atoms with Gasteiger partial charge < -0.3 is 20.1 Å². The molecule has 2 amide bonds. The molecule has 3 rings (SSSR count). The molecule has 2 heterocycles. The predicted octanol–water partition coefficient (Wildman–Crippen LogP) is 0.755. The molecule has 0 radical (unpaired) electrons. The highest BCUT2D eigenvalue weighted by Crippen LogP contribution is 2.25. The van der Waals surface area contributed by atoms with Crippen LogP contribution in [0.2, 0.25) is 0 Å². The molecule has 2 fully saturated rings. The molecule has 1 aromatic rings. The lowest BCUT2D eigenvalue weighted by atomic mass is 10.2. The number of hydrogen-bond donors (Lipinski definition) is 1. The molecule has 8 heteroatoms. The quantitative estimate of drug-likeness (QED) is 0.885. The highest BCUT2D eigenvalue weighted by atomic mass is 35.5. The van der Waals surface area contributed by atoms with E-state index >= 15 is 0 Å². The Morgan fingerprint density at radius 2 is 1.77 bits per heavy atom. The molecule has 2 aliphatic rings. The summed E-state index contributed by atoms with van der Waals surface area (Å²) in [5.41, 5.74) is 7.05. The molecule has 0 saturated carbocycles. The van der Waals surface area contributed by atoms with Crippen LogP contribution in [0.25, 0.3) is 0 Å². The molecule has 0 bridgehead atoms. The number of nitrogens with zero attached hydrogens (tertiary/aromatic N) is 2. The smallest absolute Gasteiger partial charge is 0.414 e. The van der Waals surface area contributed by atoms with Crippen LogP contribution in [-0.2, 0) is 14.3 Å². The minimum Gasteiger partial charge on any atom is -0.443 e. The molecule has 0 spiro atoms. The first-order chi connectivity index (χ1) is 10.2. The van der Waals surface area contributed by atoms with Gasteiger partial charge in [-0.2, -0.15) is 0 Å². The largest absolute Gasteiger partial charge is 0.443 e. The Labute approximate surface area is 134 Å². The van der Waals surface area contributed by atoms with E-state index in [1.807, 2.05) is 12.1 Å². The average Bonchev–Trinajstić information content (AvgIpc) is 2.89. The molecule has 2 aliphatic heterocycles. The summed E-state index contributed by atoms with van der Waals surface area (Å²) in [5, 5.41) is 0. The number of anilines is 2. The molecule has 1 atom stereocenters. The lowest BCUT2D eigenvalue weighted by Crippen LogP contribution is -2.41. The molecule has 1 aromatic carbocycles. The SMILES string of the molecule is Cl.NC[C@H]1CN(c2ccc(N3CCOCC3=O)cc2)C(=O)O1. The van der Waals surface area contributed by atoms with E-state index in [1.54, 1.807) is 21.9 Å². The van der Waals surface area contributed by atoms with Gasteiger partial charge in [-0.1, -0.05) is 0 Å². The monoisotopic (exact) mass is 327 g/mol. The molecule has 0 aliphatic carbocycles. The number of nitrogens with two attached hydrogens (primary N) is 1. The van der Waals surface area contributed by atoms with Crippen molar-refractivity contribution >= 4 is 35.8 Å². The second kappa shape index (κ2) is 6.95. The van der Waals surface area contributed by atoms with Crippen LogP contribution in [0.5, 0.6) is 0 Å². The number of carbonyl (C=O) groups excluding carboxylic acids is 2. The number of benzene rings is 1. The molecule has 2 N–H and O–H groups in total. The lowest BCUT2D eigenvalue weighted by molar-refractivity contribution is -0.125. The van der Waals surface area contributed by atoms with Crippen LogP contribution >= 0.6 is 12.4 Å². The maximum Gasteiger partial charge on any atom is 0.414 e. The van der Waals surface area contributed by atoms with Crippen molar-refractivity contribution in [2.45, 2.75) is 6.10 Å². The van der Waals surface area contributed by atoms with Crippen LogP contribution in [0.4, 0.5) is 16.2 Å². The first-order valence-electron chi connectivity index (χ1n) is 6.85. The van der Waals surface area contributed by atoms with Gasteiger partial charge in [0.15, 0.2) is 0 Å². The first kappa shape index (κ1) is 16.5. The van der Waals surface area contributed by atoms with Gasteiger partial charge in [-0.05, 0) is 24.3 Å². The number of amides is 2. The fourth-order valence-corrected chi connectivity index (χ4v) is 2.46. The van der Waals surface area contributed by atoms with Gasteiger partial charge in [-0.15, -0.1) is 12.4 Å². The van der Waals surface area contributed by atoms with Crippen molar-refractivity contribution in [2.75, 3.05) is 42.6 Å². The van der Waals surface area contributed by atoms with Gasteiger partial charge in [-0.3, -0.25) is 9.69 Å². The summed E-state index contributed by atoms with van der Waals surface area (Å²) in [7, 11) is 0. The minimum absolute atomic E-state index is 0. The predicted molar refractivity (Wildman–Crippen MR) is 83.5 cm³/mol. The molecule has 2 saturated heterocycles. The van der Waals surface area contributed by atoms with Crippen molar-refractivity contribution in [1.29, 1.82) is 0 Å². The summed E-state index contributed by atoms with van der Waals surface area (Å²) in [6.07, 6.45) is -0.654. The number of ether oxygens (including phenoxy) is 2. The summed E-state index contributed by atoms with van der Waals surface area (Å²) in [4.78, 5) is 26.7. The minimum atomic E-state index is -0.388. The number of halogens is 1. The molecule has 0 unspecified atom stereocenters. The third-order valence-electron chi connectivity index (χ3n) is 3.60. The van der Waals surface area contributed by atoms with Crippen molar-refractivity contribution in [2.24, 2.45) is 5.73 Å². The zero-order chi connectivity index (χ0) is 14.8. The summed E-state index contributed by atoms with van der Waals surface area (Å²) in [6.45, 7) is 1.94. The Morgan fingerprint density at radius 1 is 1.14 bits per heavy atom. The molecule has 22 heavy (non-hydrogen) atoms. The number of rotatable bonds is 3. The van der Waals surface area contributed by atoms with Gasteiger partial charge in [0, 0.05) is 24.5 Å². The van der Waals surface area contributed by atoms with E-state index in [1.165, 1.54) is 0 Å². The van der Waals surface area contributed by atoms with Gasteiger partial charge in [0.05, 0.1) is 13.2 Å². The van der Waals surface area contributed by atoms with E-state index in [2.05, 4.69) is 0 Å². The summed E-state index contributed by atoms with van der Waals surface area (Å²) >= 11 is 0. The average molecular weight is 328 g/mol. The van der Waals surface area contributed by atoms with Gasteiger partial charge in [-0.25, -0.2) is 4.79 Å². The van der Waals surface area contributed by atoms with E-state index in [-0.39, 0.29) is 37.1 Å². The number of carbonyl (C=O) groups is 2. The van der Waals surface area contributed by atoms with Crippen LogP contribution in [0, 0.1) is 0 Å². The van der Waals surface area contributed by atoms with Crippen LogP contribution < -0.4 is 15.5 Å². The number of cyclic esters (lactones) is 1. The van der Waals surface area contributed by atoms with E-state index in [4.69, 9.17) is 15.2 Å². The first-order valence-corrected chi connectivity index (χ1v) is 6.85. The van der Waals surface area contributed by atoms with Gasteiger partial charge in [0.2, 0.25) is 0 Å². The van der Waals surface area contributed by atoms with Crippen molar-refractivity contribution in [3.8, 4) is 0 Å². The molecular formula is C14H18ClN3O4. The second-order valence-electron chi connectivity index (χ2n) is 4.97. The Kier molecular flexibility index (Phi) is 5.23. The van der Waals surface area contributed by atoms with Crippen LogP contribution in [-0.4, -0.2) is 51.0 Å².